The summed E-state index contributed by atoms with van der Waals surface area (Å²) in [5.41, 5.74) is 0. The zero-order valence-corrected chi connectivity index (χ0v) is 9.67. The summed E-state index contributed by atoms with van der Waals surface area (Å²) < 4.78 is 0.539. The summed E-state index contributed by atoms with van der Waals surface area (Å²) in [6.07, 6.45) is 1.01. The highest BCUT2D eigenvalue weighted by atomic mass is 127. The molecule has 1 aliphatic heterocycles. The largest absolute Gasteiger partial charge is 0.359 e. The minimum absolute atomic E-state index is 0.189. The first-order valence-corrected chi connectivity index (χ1v) is 5.49. The van der Waals surface area contributed by atoms with E-state index in [4.69, 9.17) is 0 Å². The van der Waals surface area contributed by atoms with Gasteiger partial charge in [-0.3, -0.25) is 9.69 Å². The van der Waals surface area contributed by atoms with Gasteiger partial charge in [0.25, 0.3) is 0 Å². The summed E-state index contributed by atoms with van der Waals surface area (Å²) in [4.78, 5) is 13.6. The van der Waals surface area contributed by atoms with Crippen LogP contribution in [0.3, 0.4) is 0 Å². The van der Waals surface area contributed by atoms with E-state index in [1.807, 2.05) is 0 Å². The van der Waals surface area contributed by atoms with Gasteiger partial charge < -0.3 is 5.32 Å². The van der Waals surface area contributed by atoms with Gasteiger partial charge in [-0.15, -0.1) is 0 Å². The Morgan fingerprint density at radius 1 is 1.75 bits per heavy atom. The number of nitrogens with zero attached hydrogens (tertiary/aromatic N) is 1. The molecule has 1 rings (SSSR count). The number of rotatable bonds is 2. The predicted molar refractivity (Wildman–Crippen MR) is 57.2 cm³/mol. The molecule has 0 saturated carbocycles. The molecule has 0 bridgehead atoms. The molecule has 0 spiro atoms. The maximum Gasteiger partial charge on any atom is 0.224 e. The van der Waals surface area contributed by atoms with Crippen LogP contribution >= 0.6 is 22.6 Å². The van der Waals surface area contributed by atoms with Crippen molar-refractivity contribution in [1.82, 2.24) is 10.2 Å². The molecule has 1 unspecified atom stereocenters. The molecule has 2 atom stereocenters. The summed E-state index contributed by atoms with van der Waals surface area (Å²) in [6, 6.07) is 0. The molecule has 3 nitrogen and oxygen atoms in total. The van der Waals surface area contributed by atoms with Crippen LogP contribution < -0.4 is 5.32 Å². The first-order chi connectivity index (χ1) is 5.65. The highest BCUT2D eigenvalue weighted by Gasteiger charge is 2.28. The molecule has 1 saturated heterocycles. The van der Waals surface area contributed by atoms with Gasteiger partial charge in [0.05, 0.1) is 9.97 Å². The highest BCUT2D eigenvalue weighted by Crippen LogP contribution is 2.20. The number of hydrogen-bond donors (Lipinski definition) is 1. The van der Waals surface area contributed by atoms with Crippen LogP contribution in [0.4, 0.5) is 0 Å². The molecule has 0 aliphatic carbocycles. The molecule has 1 aliphatic rings. The van der Waals surface area contributed by atoms with Gasteiger partial charge >= 0.3 is 0 Å². The summed E-state index contributed by atoms with van der Waals surface area (Å²) in [7, 11) is 1.71. The Balaban J connectivity index is 2.40. The average molecular weight is 282 g/mol. The van der Waals surface area contributed by atoms with Crippen molar-refractivity contribution in [3.8, 4) is 0 Å². The zero-order valence-electron chi connectivity index (χ0n) is 7.51. The van der Waals surface area contributed by atoms with E-state index in [9.17, 15) is 4.79 Å². The van der Waals surface area contributed by atoms with E-state index >= 15 is 0 Å². The zero-order chi connectivity index (χ0) is 9.14. The van der Waals surface area contributed by atoms with E-state index in [-0.39, 0.29) is 11.8 Å². The number of amides is 1. The number of carbonyl (C=O) groups is 1. The second-order valence-corrected chi connectivity index (χ2v) is 4.97. The van der Waals surface area contributed by atoms with Crippen molar-refractivity contribution < 1.29 is 4.79 Å². The first kappa shape index (κ1) is 10.2. The predicted octanol–water partition coefficient (Wildman–Crippen LogP) is 0.835. The van der Waals surface area contributed by atoms with Crippen LogP contribution in [0.25, 0.3) is 0 Å². The minimum Gasteiger partial charge on any atom is -0.359 e. The Hall–Kier alpha value is 0.160. The van der Waals surface area contributed by atoms with Gasteiger partial charge in [-0.2, -0.15) is 0 Å². The molecule has 0 aromatic rings. The van der Waals surface area contributed by atoms with Gasteiger partial charge in [-0.25, -0.2) is 0 Å². The molecule has 1 fully saturated rings. The van der Waals surface area contributed by atoms with Crippen LogP contribution in [0.1, 0.15) is 13.3 Å². The molecule has 1 amide bonds. The molecule has 12 heavy (non-hydrogen) atoms. The maximum atomic E-state index is 11.2. The van der Waals surface area contributed by atoms with Gasteiger partial charge in [-0.05, 0) is 19.9 Å². The van der Waals surface area contributed by atoms with Gasteiger partial charge in [0, 0.05) is 13.6 Å². The topological polar surface area (TPSA) is 32.3 Å². The molecular weight excluding hydrogens is 267 g/mol. The smallest absolute Gasteiger partial charge is 0.224 e. The summed E-state index contributed by atoms with van der Waals surface area (Å²) in [6.45, 7) is 4.14. The van der Waals surface area contributed by atoms with E-state index in [1.165, 1.54) is 0 Å². The first-order valence-electron chi connectivity index (χ1n) is 4.25. The van der Waals surface area contributed by atoms with Crippen molar-refractivity contribution in [1.29, 1.82) is 0 Å². The number of nitrogens with one attached hydrogen (secondary N) is 1. The Bertz CT molecular complexity index is 172. The maximum absolute atomic E-state index is 11.2. The van der Waals surface area contributed by atoms with E-state index < -0.39 is 0 Å². The number of carbonyl (C=O) groups excluding carboxylic acids is 1. The van der Waals surface area contributed by atoms with E-state index in [1.54, 1.807) is 7.05 Å². The Morgan fingerprint density at radius 3 is 2.83 bits per heavy atom. The lowest BCUT2D eigenvalue weighted by Gasteiger charge is -2.18. The number of halogens is 1. The third kappa shape index (κ3) is 2.32. The van der Waals surface area contributed by atoms with Gasteiger partial charge in [0.1, 0.15) is 0 Å². The van der Waals surface area contributed by atoms with E-state index in [2.05, 4.69) is 39.7 Å². The monoisotopic (exact) mass is 282 g/mol. The highest BCUT2D eigenvalue weighted by molar-refractivity contribution is 14.1. The standard InChI is InChI=1S/C8H15IN2O/c1-6(9)11-4-3-7(5-11)8(12)10-2/h6-7H,3-5H2,1-2H3,(H,10,12)/t6?,7-/m1/s1. The number of hydrogen-bond acceptors (Lipinski definition) is 2. The second kappa shape index (κ2) is 4.41. The fourth-order valence-electron chi connectivity index (χ4n) is 1.53. The van der Waals surface area contributed by atoms with Crippen molar-refractivity contribution in [2.24, 2.45) is 5.92 Å². The Labute approximate surface area is 87.0 Å². The minimum atomic E-state index is 0.189. The Kier molecular flexibility index (Phi) is 3.77. The van der Waals surface area contributed by atoms with Crippen molar-refractivity contribution in [3.63, 3.8) is 0 Å². The van der Waals surface area contributed by atoms with Crippen LogP contribution in [0.2, 0.25) is 0 Å². The molecular formula is C8H15IN2O. The van der Waals surface area contributed by atoms with Crippen molar-refractivity contribution in [2.45, 2.75) is 17.4 Å². The fraction of sp³-hybridized carbons (Fsp3) is 0.875. The average Bonchev–Trinajstić information content (AvgIpc) is 2.51. The summed E-state index contributed by atoms with van der Waals surface area (Å²) in [5, 5.41) is 2.70. The second-order valence-electron chi connectivity index (χ2n) is 3.17. The summed E-state index contributed by atoms with van der Waals surface area (Å²) >= 11 is 2.38. The van der Waals surface area contributed by atoms with Crippen LogP contribution in [-0.2, 0) is 4.79 Å². The van der Waals surface area contributed by atoms with Crippen molar-refractivity contribution in [3.05, 3.63) is 0 Å². The molecule has 0 radical (unpaired) electrons. The Morgan fingerprint density at radius 2 is 2.42 bits per heavy atom. The van der Waals surface area contributed by atoms with Gasteiger partial charge in [0.15, 0.2) is 0 Å². The molecule has 0 aromatic carbocycles. The molecule has 1 N–H and O–H groups in total. The molecule has 1 heterocycles. The van der Waals surface area contributed by atoms with Crippen molar-refractivity contribution in [2.75, 3.05) is 20.1 Å². The van der Waals surface area contributed by atoms with Crippen LogP contribution in [-0.4, -0.2) is 35.0 Å². The van der Waals surface area contributed by atoms with E-state index in [0.29, 0.717) is 4.05 Å². The summed E-state index contributed by atoms with van der Waals surface area (Å²) in [5.74, 6) is 0.404. The lowest BCUT2D eigenvalue weighted by atomic mass is 10.1. The molecule has 4 heteroatoms. The van der Waals surface area contributed by atoms with Crippen LogP contribution in [0, 0.1) is 5.92 Å². The molecule has 70 valence electrons. The third-order valence-corrected chi connectivity index (χ3v) is 3.13. The third-order valence-electron chi connectivity index (χ3n) is 2.34. The molecule has 0 aromatic heterocycles. The number of alkyl halides is 1. The van der Waals surface area contributed by atoms with Crippen LogP contribution in [0.5, 0.6) is 0 Å². The lowest BCUT2D eigenvalue weighted by molar-refractivity contribution is -0.124. The SMILES string of the molecule is CNC(=O)[C@@H]1CCN(C(C)I)C1. The van der Waals surface area contributed by atoms with Gasteiger partial charge in [0.2, 0.25) is 5.91 Å². The van der Waals surface area contributed by atoms with Gasteiger partial charge in [-0.1, -0.05) is 22.6 Å². The fourth-order valence-corrected chi connectivity index (χ4v) is 2.03. The normalized spacial score (nSPS) is 27.1. The van der Waals surface area contributed by atoms with Crippen molar-refractivity contribution >= 4 is 28.5 Å². The quantitative estimate of drug-likeness (QED) is 0.462. The number of likely N-dealkylation sites (tertiary alicyclic amines) is 1. The lowest BCUT2D eigenvalue weighted by Crippen LogP contribution is -2.31. The van der Waals surface area contributed by atoms with E-state index in [0.717, 1.165) is 19.5 Å². The van der Waals surface area contributed by atoms with Crippen LogP contribution in [0.15, 0.2) is 0 Å².